The first kappa shape index (κ1) is 11.3. The van der Waals surface area contributed by atoms with E-state index in [2.05, 4.69) is 5.32 Å². The van der Waals surface area contributed by atoms with E-state index in [1.807, 2.05) is 28.7 Å². The molecule has 0 spiro atoms. The van der Waals surface area contributed by atoms with Gasteiger partial charge >= 0.3 is 0 Å². The molecule has 1 aliphatic carbocycles. The Labute approximate surface area is 106 Å². The van der Waals surface area contributed by atoms with Crippen LogP contribution in [0, 0.1) is 26.1 Å². The normalized spacial score (nSPS) is 16.3. The number of rotatable bonds is 2. The summed E-state index contributed by atoms with van der Waals surface area (Å²) in [7, 11) is 0. The van der Waals surface area contributed by atoms with Crippen molar-refractivity contribution in [2.45, 2.75) is 12.8 Å². The number of amides is 1. The van der Waals surface area contributed by atoms with Crippen LogP contribution in [-0.2, 0) is 4.79 Å². The third-order valence-electron chi connectivity index (χ3n) is 2.58. The van der Waals surface area contributed by atoms with Gasteiger partial charge in [-0.3, -0.25) is 4.79 Å². The molecular formula is C11H8FIN2O. The van der Waals surface area contributed by atoms with Gasteiger partial charge in [-0.1, -0.05) is 0 Å². The number of hydrogen-bond donors (Lipinski definition) is 1. The Morgan fingerprint density at radius 1 is 1.56 bits per heavy atom. The lowest BCUT2D eigenvalue weighted by Gasteiger charge is -2.09. The van der Waals surface area contributed by atoms with Crippen LogP contribution in [0.3, 0.4) is 0 Å². The first-order valence-electron chi connectivity index (χ1n) is 4.75. The van der Waals surface area contributed by atoms with Crippen LogP contribution in [-0.4, -0.2) is 5.91 Å². The zero-order valence-corrected chi connectivity index (χ0v) is 10.4. The highest BCUT2D eigenvalue weighted by Gasteiger charge is 2.50. The lowest BCUT2D eigenvalue weighted by Crippen LogP contribution is -2.23. The highest BCUT2D eigenvalue weighted by Crippen LogP contribution is 2.45. The van der Waals surface area contributed by atoms with Crippen LogP contribution >= 0.6 is 22.6 Å². The van der Waals surface area contributed by atoms with Crippen molar-refractivity contribution in [2.24, 2.45) is 5.41 Å². The molecule has 3 nitrogen and oxygen atoms in total. The minimum Gasteiger partial charge on any atom is -0.324 e. The fourth-order valence-electron chi connectivity index (χ4n) is 1.35. The zero-order chi connectivity index (χ0) is 11.8. The molecule has 0 aliphatic heterocycles. The summed E-state index contributed by atoms with van der Waals surface area (Å²) in [5, 5.41) is 11.5. The first-order chi connectivity index (χ1) is 7.57. The summed E-state index contributed by atoms with van der Waals surface area (Å²) in [6, 6.07) is 6.13. The van der Waals surface area contributed by atoms with Gasteiger partial charge < -0.3 is 5.32 Å². The van der Waals surface area contributed by atoms with E-state index < -0.39 is 5.41 Å². The fourth-order valence-corrected chi connectivity index (χ4v) is 1.96. The molecule has 1 aromatic carbocycles. The van der Waals surface area contributed by atoms with Gasteiger partial charge in [-0.2, -0.15) is 5.26 Å². The van der Waals surface area contributed by atoms with Crippen molar-refractivity contribution in [2.75, 3.05) is 5.32 Å². The summed E-state index contributed by atoms with van der Waals surface area (Å²) in [6.45, 7) is 0. The number of hydrogen-bond acceptors (Lipinski definition) is 2. The number of halogens is 2. The molecule has 0 radical (unpaired) electrons. The molecule has 0 saturated heterocycles. The Bertz CT molecular complexity index is 491. The maximum Gasteiger partial charge on any atom is 0.244 e. The predicted octanol–water partition coefficient (Wildman–Crippen LogP) is 2.67. The van der Waals surface area contributed by atoms with Crippen LogP contribution in [0.25, 0.3) is 0 Å². The molecule has 5 heteroatoms. The lowest BCUT2D eigenvalue weighted by atomic mass is 10.1. The van der Waals surface area contributed by atoms with E-state index in [9.17, 15) is 9.18 Å². The molecule has 0 unspecified atom stereocenters. The molecule has 1 fully saturated rings. The van der Waals surface area contributed by atoms with Gasteiger partial charge in [0.15, 0.2) is 0 Å². The number of nitrogens with zero attached hydrogens (tertiary/aromatic N) is 1. The van der Waals surface area contributed by atoms with Crippen LogP contribution < -0.4 is 5.32 Å². The number of benzene rings is 1. The van der Waals surface area contributed by atoms with Crippen LogP contribution in [0.5, 0.6) is 0 Å². The van der Waals surface area contributed by atoms with Gasteiger partial charge in [-0.25, -0.2) is 4.39 Å². The predicted molar refractivity (Wildman–Crippen MR) is 65.0 cm³/mol. The van der Waals surface area contributed by atoms with Gasteiger partial charge in [0.1, 0.15) is 11.2 Å². The number of anilines is 1. The molecule has 1 aliphatic rings. The fraction of sp³-hybridized carbons (Fsp3) is 0.273. The third kappa shape index (κ3) is 2.02. The Hall–Kier alpha value is -1.16. The summed E-state index contributed by atoms with van der Waals surface area (Å²) in [6.07, 6.45) is 1.21. The van der Waals surface area contributed by atoms with Crippen LogP contribution in [0.2, 0.25) is 0 Å². The molecule has 1 aromatic rings. The van der Waals surface area contributed by atoms with Gasteiger partial charge in [-0.15, -0.1) is 0 Å². The molecular weight excluding hydrogens is 322 g/mol. The summed E-state index contributed by atoms with van der Waals surface area (Å²) < 4.78 is 13.5. The maximum atomic E-state index is 12.8. The third-order valence-corrected chi connectivity index (χ3v) is 3.47. The molecule has 2 rings (SSSR count). The Morgan fingerprint density at radius 2 is 2.25 bits per heavy atom. The summed E-state index contributed by atoms with van der Waals surface area (Å²) in [5.41, 5.74) is -0.300. The second-order valence-electron chi connectivity index (χ2n) is 3.77. The molecule has 16 heavy (non-hydrogen) atoms. The highest BCUT2D eigenvalue weighted by molar-refractivity contribution is 14.1. The minimum atomic E-state index is -0.850. The van der Waals surface area contributed by atoms with E-state index >= 15 is 0 Å². The van der Waals surface area contributed by atoms with Gasteiger partial charge in [0.2, 0.25) is 5.91 Å². The molecule has 1 amide bonds. The standard InChI is InChI=1S/C11H8FIN2O/c12-7-1-2-9(8(13)5-7)15-10(16)11(6-14)3-4-11/h1-2,5H,3-4H2,(H,15,16). The second-order valence-corrected chi connectivity index (χ2v) is 4.93. The first-order valence-corrected chi connectivity index (χ1v) is 5.83. The van der Waals surface area contributed by atoms with Gasteiger partial charge in [0.25, 0.3) is 0 Å². The minimum absolute atomic E-state index is 0.292. The van der Waals surface area contributed by atoms with E-state index in [-0.39, 0.29) is 11.7 Å². The summed E-state index contributed by atoms with van der Waals surface area (Å²) in [4.78, 5) is 11.7. The zero-order valence-electron chi connectivity index (χ0n) is 8.26. The van der Waals surface area contributed by atoms with Crippen molar-refractivity contribution < 1.29 is 9.18 Å². The smallest absolute Gasteiger partial charge is 0.244 e. The van der Waals surface area contributed by atoms with E-state index in [0.717, 1.165) is 0 Å². The van der Waals surface area contributed by atoms with Crippen LogP contribution in [0.4, 0.5) is 10.1 Å². The van der Waals surface area contributed by atoms with Gasteiger partial charge in [0.05, 0.1) is 11.8 Å². The van der Waals surface area contributed by atoms with Crippen molar-refractivity contribution >= 4 is 34.2 Å². The van der Waals surface area contributed by atoms with Crippen molar-refractivity contribution in [1.29, 1.82) is 5.26 Å². The average molecular weight is 330 g/mol. The number of carbonyl (C=O) groups is 1. The van der Waals surface area contributed by atoms with Crippen molar-refractivity contribution in [3.63, 3.8) is 0 Å². The molecule has 1 saturated carbocycles. The highest BCUT2D eigenvalue weighted by atomic mass is 127. The SMILES string of the molecule is N#CC1(C(=O)Nc2ccc(F)cc2I)CC1. The average Bonchev–Trinajstić information content (AvgIpc) is 3.03. The molecule has 0 aromatic heterocycles. The summed E-state index contributed by atoms with van der Waals surface area (Å²) >= 11 is 1.94. The second kappa shape index (κ2) is 4.01. The van der Waals surface area contributed by atoms with E-state index in [0.29, 0.717) is 22.1 Å². The Morgan fingerprint density at radius 3 is 2.75 bits per heavy atom. The van der Waals surface area contributed by atoms with Crippen molar-refractivity contribution in [1.82, 2.24) is 0 Å². The maximum absolute atomic E-state index is 12.8. The number of nitriles is 1. The van der Waals surface area contributed by atoms with E-state index in [4.69, 9.17) is 5.26 Å². The van der Waals surface area contributed by atoms with Gasteiger partial charge in [0, 0.05) is 3.57 Å². The molecule has 0 heterocycles. The summed E-state index contributed by atoms with van der Waals surface area (Å²) in [5.74, 6) is -0.636. The number of nitrogens with one attached hydrogen (secondary N) is 1. The van der Waals surface area contributed by atoms with Crippen LogP contribution in [0.1, 0.15) is 12.8 Å². The Balaban J connectivity index is 2.16. The molecule has 0 atom stereocenters. The monoisotopic (exact) mass is 330 g/mol. The lowest BCUT2D eigenvalue weighted by molar-refractivity contribution is -0.119. The van der Waals surface area contributed by atoms with E-state index in [1.165, 1.54) is 18.2 Å². The van der Waals surface area contributed by atoms with Gasteiger partial charge in [-0.05, 0) is 53.6 Å². The van der Waals surface area contributed by atoms with Crippen LogP contribution in [0.15, 0.2) is 18.2 Å². The molecule has 0 bridgehead atoms. The Kier molecular flexibility index (Phi) is 2.84. The quantitative estimate of drug-likeness (QED) is 0.848. The van der Waals surface area contributed by atoms with Crippen molar-refractivity contribution in [3.8, 4) is 6.07 Å². The molecule has 82 valence electrons. The van der Waals surface area contributed by atoms with Crippen molar-refractivity contribution in [3.05, 3.63) is 27.6 Å². The molecule has 1 N–H and O–H groups in total. The van der Waals surface area contributed by atoms with E-state index in [1.54, 1.807) is 0 Å². The topological polar surface area (TPSA) is 52.9 Å². The number of carbonyl (C=O) groups excluding carboxylic acids is 1. The largest absolute Gasteiger partial charge is 0.324 e.